The van der Waals surface area contributed by atoms with Crippen LogP contribution >= 0.6 is 0 Å². The Morgan fingerprint density at radius 2 is 1.02 bits per heavy atom. The fourth-order valence-electron chi connectivity index (χ4n) is 4.38. The molecule has 0 saturated heterocycles. The summed E-state index contributed by atoms with van der Waals surface area (Å²) in [4.78, 5) is 57.5. The lowest BCUT2D eigenvalue weighted by atomic mass is 10.1. The average Bonchev–Trinajstić information content (AvgIpc) is 3.13. The summed E-state index contributed by atoms with van der Waals surface area (Å²) >= 11 is 0. The van der Waals surface area contributed by atoms with Crippen LogP contribution in [0.25, 0.3) is 0 Å². The van der Waals surface area contributed by atoms with Crippen LogP contribution < -0.4 is 5.32 Å². The summed E-state index contributed by atoms with van der Waals surface area (Å²) in [6, 6.07) is 0. The molecule has 15 nitrogen and oxygen atoms in total. The van der Waals surface area contributed by atoms with E-state index in [1.807, 2.05) is 0 Å². The van der Waals surface area contributed by atoms with Crippen molar-refractivity contribution in [1.29, 1.82) is 0 Å². The number of nitrogens with one attached hydrogen (secondary N) is 1. The monoisotopic (exact) mass is 737 g/mol. The van der Waals surface area contributed by atoms with Gasteiger partial charge in [-0.25, -0.2) is 14.6 Å². The van der Waals surface area contributed by atoms with Gasteiger partial charge in [0.1, 0.15) is 33.0 Å². The molecule has 300 valence electrons. The molecule has 0 fully saturated rings. The van der Waals surface area contributed by atoms with Crippen molar-refractivity contribution in [2.75, 3.05) is 92.9 Å². The molecular weight excluding hydrogens is 670 g/mol. The molecule has 0 spiro atoms. The minimum atomic E-state index is -0.857. The lowest BCUT2D eigenvalue weighted by Crippen LogP contribution is -2.30. The number of unbranched alkanes of at least 4 members (excludes halogenated alkanes) is 10. The third kappa shape index (κ3) is 37.0. The highest BCUT2D eigenvalue weighted by Gasteiger charge is 2.19. The van der Waals surface area contributed by atoms with Gasteiger partial charge in [0.05, 0.1) is 39.6 Å². The number of ether oxygens (including phenoxy) is 8. The molecule has 0 unspecified atom stereocenters. The highest BCUT2D eigenvalue weighted by Crippen LogP contribution is 2.12. The van der Waals surface area contributed by atoms with E-state index in [1.165, 1.54) is 51.4 Å². The first kappa shape index (κ1) is 48.4. The molecule has 51 heavy (non-hydrogen) atoms. The van der Waals surface area contributed by atoms with Crippen molar-refractivity contribution in [2.24, 2.45) is 0 Å². The Balaban J connectivity index is 3.78. The molecule has 0 aliphatic rings. The van der Waals surface area contributed by atoms with Crippen LogP contribution in [0, 0.1) is 0 Å². The molecule has 0 aromatic carbocycles. The second-order valence-electron chi connectivity index (χ2n) is 11.8. The largest absolute Gasteiger partial charge is 0.462 e. The Labute approximate surface area is 305 Å². The van der Waals surface area contributed by atoms with Gasteiger partial charge in [-0.15, -0.1) is 0 Å². The molecule has 1 N–H and O–H groups in total. The van der Waals surface area contributed by atoms with Crippen LogP contribution in [-0.2, 0) is 62.1 Å². The maximum atomic E-state index is 12.2. The fourth-order valence-corrected chi connectivity index (χ4v) is 4.38. The second kappa shape index (κ2) is 38.7. The van der Waals surface area contributed by atoms with Crippen molar-refractivity contribution in [3.05, 3.63) is 0 Å². The van der Waals surface area contributed by atoms with E-state index in [1.54, 1.807) is 14.0 Å². The Morgan fingerprint density at radius 3 is 1.63 bits per heavy atom. The predicted molar refractivity (Wildman–Crippen MR) is 188 cm³/mol. The van der Waals surface area contributed by atoms with Crippen molar-refractivity contribution in [3.8, 4) is 0 Å². The summed E-state index contributed by atoms with van der Waals surface area (Å²) in [5.74, 6) is -1.29. The van der Waals surface area contributed by atoms with Gasteiger partial charge in [0.25, 0.3) is 0 Å². The minimum Gasteiger partial charge on any atom is -0.462 e. The summed E-state index contributed by atoms with van der Waals surface area (Å²) in [7, 11) is 1.57. The van der Waals surface area contributed by atoms with Gasteiger partial charge in [0.2, 0.25) is 0 Å². The number of rotatable bonds is 38. The lowest BCUT2D eigenvalue weighted by Gasteiger charge is -2.18. The van der Waals surface area contributed by atoms with Crippen molar-refractivity contribution < 1.29 is 66.8 Å². The third-order valence-electron chi connectivity index (χ3n) is 7.21. The van der Waals surface area contributed by atoms with E-state index in [0.29, 0.717) is 52.5 Å². The zero-order valence-corrected chi connectivity index (χ0v) is 31.6. The zero-order valence-electron chi connectivity index (χ0n) is 31.6. The molecule has 0 aromatic rings. The number of carbonyl (C=O) groups excluding carboxylic acids is 4. The predicted octanol–water partition coefficient (Wildman–Crippen LogP) is 5.25. The van der Waals surface area contributed by atoms with Gasteiger partial charge in [-0.3, -0.25) is 14.4 Å². The van der Waals surface area contributed by atoms with Gasteiger partial charge >= 0.3 is 24.0 Å². The normalized spacial score (nSPS) is 11.6. The van der Waals surface area contributed by atoms with Gasteiger partial charge in [-0.2, -0.15) is 0 Å². The molecule has 0 rings (SSSR count). The SMILES string of the molecule is CCCCCCCCCCCCCC(=O)OC[C@H](COC(=O)CCCOCCOCCNC(=O)OCCOCCOOCCOC)OC(=O)CC. The van der Waals surface area contributed by atoms with Gasteiger partial charge in [-0.05, 0) is 12.8 Å². The quantitative estimate of drug-likeness (QED) is 0.0286. The Bertz CT molecular complexity index is 832. The number of hydrogen-bond donors (Lipinski definition) is 1. The molecule has 0 aromatic heterocycles. The Morgan fingerprint density at radius 1 is 0.510 bits per heavy atom. The minimum absolute atomic E-state index is 0.0977. The van der Waals surface area contributed by atoms with E-state index in [-0.39, 0.29) is 65.0 Å². The highest BCUT2D eigenvalue weighted by atomic mass is 17.2. The standard InChI is InChI=1S/C36H67NO14/c1-4-6-7-8-9-10-11-12-13-14-15-17-34(39)47-30-32(51-33(38)5-2)31-48-35(40)18-16-20-43-23-24-44-21-19-37-36(41)46-27-25-45-26-29-50-49-28-22-42-3/h32H,4-31H2,1-3H3,(H,37,41)/t32-/m1/s1. The number of carbonyl (C=O) groups is 4. The molecule has 1 atom stereocenters. The van der Waals surface area contributed by atoms with Crippen molar-refractivity contribution in [2.45, 2.75) is 116 Å². The summed E-state index contributed by atoms with van der Waals surface area (Å²) in [6.07, 6.45) is 12.7. The van der Waals surface area contributed by atoms with Crippen molar-refractivity contribution >= 4 is 24.0 Å². The molecule has 15 heteroatoms. The third-order valence-corrected chi connectivity index (χ3v) is 7.21. The number of hydrogen-bond acceptors (Lipinski definition) is 14. The number of methoxy groups -OCH3 is 1. The number of esters is 3. The topological polar surface area (TPSA) is 173 Å². The number of alkyl carbamates (subject to hydrolysis) is 1. The van der Waals surface area contributed by atoms with E-state index in [4.69, 9.17) is 47.7 Å². The Kier molecular flexibility index (Phi) is 36.7. The maximum Gasteiger partial charge on any atom is 0.407 e. The molecule has 1 amide bonds. The second-order valence-corrected chi connectivity index (χ2v) is 11.8. The van der Waals surface area contributed by atoms with E-state index in [2.05, 4.69) is 12.2 Å². The van der Waals surface area contributed by atoms with Crippen LogP contribution in [-0.4, -0.2) is 123 Å². The lowest BCUT2D eigenvalue weighted by molar-refractivity contribution is -0.302. The molecule has 0 saturated carbocycles. The van der Waals surface area contributed by atoms with Gasteiger partial charge < -0.3 is 43.2 Å². The van der Waals surface area contributed by atoms with Crippen LogP contribution in [0.2, 0.25) is 0 Å². The molecule has 0 radical (unpaired) electrons. The molecule has 0 bridgehead atoms. The van der Waals surface area contributed by atoms with E-state index in [9.17, 15) is 19.2 Å². The summed E-state index contributed by atoms with van der Waals surface area (Å²) in [6.45, 7) is 6.69. The van der Waals surface area contributed by atoms with Crippen LogP contribution in [0.4, 0.5) is 4.79 Å². The van der Waals surface area contributed by atoms with Crippen molar-refractivity contribution in [3.63, 3.8) is 0 Å². The van der Waals surface area contributed by atoms with Crippen LogP contribution in [0.1, 0.15) is 110 Å². The van der Waals surface area contributed by atoms with Gasteiger partial charge in [-0.1, -0.05) is 78.1 Å². The molecule has 0 aliphatic carbocycles. The van der Waals surface area contributed by atoms with E-state index >= 15 is 0 Å². The first-order valence-electron chi connectivity index (χ1n) is 18.8. The molecular formula is C36H67NO14. The van der Waals surface area contributed by atoms with E-state index < -0.39 is 24.1 Å². The fraction of sp³-hybridized carbons (Fsp3) is 0.889. The highest BCUT2D eigenvalue weighted by molar-refractivity contribution is 5.71. The van der Waals surface area contributed by atoms with E-state index in [0.717, 1.165) is 19.3 Å². The van der Waals surface area contributed by atoms with Gasteiger partial charge in [0.15, 0.2) is 6.10 Å². The summed E-state index contributed by atoms with van der Waals surface area (Å²) in [5, 5.41) is 2.56. The van der Waals surface area contributed by atoms with Crippen LogP contribution in [0.3, 0.4) is 0 Å². The van der Waals surface area contributed by atoms with Crippen molar-refractivity contribution in [1.82, 2.24) is 5.32 Å². The maximum absolute atomic E-state index is 12.2. The zero-order chi connectivity index (χ0) is 37.5. The van der Waals surface area contributed by atoms with Crippen LogP contribution in [0.5, 0.6) is 0 Å². The average molecular weight is 738 g/mol. The molecule has 0 aliphatic heterocycles. The van der Waals surface area contributed by atoms with Gasteiger partial charge in [0, 0.05) is 39.5 Å². The Hall–Kier alpha value is -2.56. The summed E-state index contributed by atoms with van der Waals surface area (Å²) in [5.41, 5.74) is 0. The first-order chi connectivity index (χ1) is 24.9. The summed E-state index contributed by atoms with van der Waals surface area (Å²) < 4.78 is 41.7. The molecule has 0 heterocycles. The van der Waals surface area contributed by atoms with Crippen LogP contribution in [0.15, 0.2) is 0 Å². The number of amides is 1. The first-order valence-corrected chi connectivity index (χ1v) is 18.8. The smallest absolute Gasteiger partial charge is 0.407 e.